The molecule has 0 spiro atoms. The Hall–Kier alpha value is -5.14. The Labute approximate surface area is 490 Å². The average molecular weight is 1130 g/mol. The first-order chi connectivity index (χ1) is 39.6. The summed E-state index contributed by atoms with van der Waals surface area (Å²) in [7, 11) is 0. The Morgan fingerprint density at radius 3 is 1.27 bits per heavy atom. The number of carbonyl (C=O) groups is 4. The fourth-order valence-electron chi connectivity index (χ4n) is 8.52. The summed E-state index contributed by atoms with van der Waals surface area (Å²) in [6, 6.07) is 0. The zero-order valence-electron chi connectivity index (χ0n) is 50.2. The summed E-state index contributed by atoms with van der Waals surface area (Å²) in [5, 5.41) is 31.5. The molecule has 0 saturated carbocycles. The van der Waals surface area contributed by atoms with Crippen LogP contribution >= 0.6 is 0 Å². The van der Waals surface area contributed by atoms with Gasteiger partial charge < -0.3 is 39.0 Å². The fraction of sp³-hybridized carbons (Fsp3) is 0.623. The number of rotatable bonds is 51. The van der Waals surface area contributed by atoms with Crippen LogP contribution in [0.2, 0.25) is 0 Å². The molecule has 12 nitrogen and oxygen atoms in total. The molecule has 1 saturated heterocycles. The number of carboxylic acid groups (broad SMARTS) is 1. The Bertz CT molecular complexity index is 1920. The van der Waals surface area contributed by atoms with Crippen molar-refractivity contribution in [2.45, 2.75) is 263 Å². The van der Waals surface area contributed by atoms with Crippen molar-refractivity contribution in [1.29, 1.82) is 0 Å². The third-order valence-corrected chi connectivity index (χ3v) is 13.2. The quantitative estimate of drug-likeness (QED) is 0.0228. The maximum absolute atomic E-state index is 13.1. The molecule has 6 atom stereocenters. The van der Waals surface area contributed by atoms with E-state index >= 15 is 0 Å². The summed E-state index contributed by atoms with van der Waals surface area (Å²) in [5.74, 6) is -3.35. The van der Waals surface area contributed by atoms with Gasteiger partial charge in [0.05, 0.1) is 13.0 Å². The molecule has 1 aliphatic heterocycles. The van der Waals surface area contributed by atoms with Gasteiger partial charge >= 0.3 is 23.9 Å². The van der Waals surface area contributed by atoms with Crippen LogP contribution in [0.25, 0.3) is 0 Å². The van der Waals surface area contributed by atoms with E-state index in [1.807, 2.05) is 18.2 Å². The van der Waals surface area contributed by atoms with E-state index in [1.165, 1.54) is 57.8 Å². The zero-order valence-corrected chi connectivity index (χ0v) is 50.2. The largest absolute Gasteiger partial charge is 0.479 e. The number of allylic oxidation sites excluding steroid dienone is 21. The van der Waals surface area contributed by atoms with E-state index in [4.69, 9.17) is 23.7 Å². The number of ether oxygens (including phenoxy) is 5. The minimum Gasteiger partial charge on any atom is -0.479 e. The first-order valence-electron chi connectivity index (χ1n) is 31.2. The van der Waals surface area contributed by atoms with Crippen molar-refractivity contribution < 1.29 is 58.2 Å². The van der Waals surface area contributed by atoms with Gasteiger partial charge in [-0.3, -0.25) is 14.4 Å². The van der Waals surface area contributed by atoms with Crippen molar-refractivity contribution in [2.24, 2.45) is 0 Å². The molecule has 0 radical (unpaired) electrons. The number of esters is 3. The number of carbonyl (C=O) groups excluding carboxylic acids is 3. The summed E-state index contributed by atoms with van der Waals surface area (Å²) in [4.78, 5) is 51.2. The number of aliphatic hydroxyl groups excluding tert-OH is 2. The highest BCUT2D eigenvalue weighted by atomic mass is 16.7. The lowest BCUT2D eigenvalue weighted by molar-refractivity contribution is -0.301. The fourth-order valence-corrected chi connectivity index (χ4v) is 8.52. The van der Waals surface area contributed by atoms with E-state index in [0.29, 0.717) is 19.3 Å². The monoisotopic (exact) mass is 1130 g/mol. The highest BCUT2D eigenvalue weighted by molar-refractivity contribution is 5.74. The SMILES string of the molecule is CC/C=C\C/C=C\C/C=C\C/C=C\C/C=C\CCCCCC(=O)OC1C(OCC(COC(=O)CCCCCCCCC/C=C\CCCCCCCC)OC(=O)C/C=C\C/C=C\C/C=C\C/C=C\C/C=C\CC)OC(C(=O)O)C(O)C1O. The van der Waals surface area contributed by atoms with Gasteiger partial charge in [0, 0.05) is 12.8 Å². The second kappa shape index (κ2) is 55.4. The smallest absolute Gasteiger partial charge is 0.335 e. The molecular weight excluding hydrogens is 1020 g/mol. The summed E-state index contributed by atoms with van der Waals surface area (Å²) < 4.78 is 28.3. The molecule has 0 aromatic carbocycles. The Morgan fingerprint density at radius 1 is 0.432 bits per heavy atom. The molecule has 1 aliphatic rings. The third kappa shape index (κ3) is 45.1. The lowest BCUT2D eigenvalue weighted by Crippen LogP contribution is -2.61. The molecule has 0 bridgehead atoms. The first kappa shape index (κ1) is 73.9. The second-order valence-electron chi connectivity index (χ2n) is 20.6. The highest BCUT2D eigenvalue weighted by Gasteiger charge is 2.50. The Balaban J connectivity index is 2.75. The maximum atomic E-state index is 13.1. The lowest BCUT2D eigenvalue weighted by atomic mass is 9.98. The predicted octanol–water partition coefficient (Wildman–Crippen LogP) is 16.6. The van der Waals surface area contributed by atoms with Crippen LogP contribution in [0, 0.1) is 0 Å². The van der Waals surface area contributed by atoms with Crippen molar-refractivity contribution in [3.63, 3.8) is 0 Å². The summed E-state index contributed by atoms with van der Waals surface area (Å²) in [6.07, 6.45) is 65.8. The number of hydrogen-bond acceptors (Lipinski definition) is 11. The van der Waals surface area contributed by atoms with Gasteiger partial charge in [0.2, 0.25) is 0 Å². The lowest BCUT2D eigenvalue weighted by Gasteiger charge is -2.40. The van der Waals surface area contributed by atoms with Crippen LogP contribution in [-0.2, 0) is 42.9 Å². The summed E-state index contributed by atoms with van der Waals surface area (Å²) >= 11 is 0. The van der Waals surface area contributed by atoms with Crippen molar-refractivity contribution in [1.82, 2.24) is 0 Å². The van der Waals surface area contributed by atoms with Crippen molar-refractivity contribution >= 4 is 23.9 Å². The van der Waals surface area contributed by atoms with E-state index < -0.39 is 67.3 Å². The van der Waals surface area contributed by atoms with Crippen LogP contribution in [0.15, 0.2) is 134 Å². The summed E-state index contributed by atoms with van der Waals surface area (Å²) in [6.45, 7) is 5.66. The molecule has 12 heteroatoms. The average Bonchev–Trinajstić information content (AvgIpc) is 3.54. The highest BCUT2D eigenvalue weighted by Crippen LogP contribution is 2.26. The van der Waals surface area contributed by atoms with Crippen LogP contribution in [0.5, 0.6) is 0 Å². The minimum atomic E-state index is -1.94. The topological polar surface area (TPSA) is 175 Å². The van der Waals surface area contributed by atoms with Crippen LogP contribution in [-0.4, -0.2) is 89.2 Å². The van der Waals surface area contributed by atoms with E-state index in [0.717, 1.165) is 109 Å². The molecule has 0 aromatic heterocycles. The standard InChI is InChI=1S/C69H108O12/c1-4-7-10-13-16-19-22-25-28-30-31-33-36-39-42-45-48-51-54-57-63(72)80-67-65(74)64(73)66(68(75)76)81-69(67)78-59-60(79-62(71)56-53-50-47-44-41-38-34-27-24-21-18-15-12-9-6-3)58-77-61(70)55-52-49-46-43-40-37-35-32-29-26-23-20-17-14-11-8-5-2/h7,9-10,12,16,18-19,21,25-29,31,33-34,39,41-42,44,50,53,60,64-67,69,73-74H,4-6,8,11,13-15,17,20,22-24,30,32,35-38,40,43,45-49,51-52,54-59H2,1-3H3,(H,75,76)/b10-7-,12-9-,19-16-,21-18-,28-25-,29-26-,33-31-,34-27-,42-39-,44-41-,53-50-. The molecular formula is C69H108O12. The van der Waals surface area contributed by atoms with Gasteiger partial charge in [-0.15, -0.1) is 0 Å². The van der Waals surface area contributed by atoms with Gasteiger partial charge in [0.25, 0.3) is 0 Å². The Kier molecular flexibility index (Phi) is 50.5. The van der Waals surface area contributed by atoms with Crippen LogP contribution < -0.4 is 0 Å². The van der Waals surface area contributed by atoms with Crippen LogP contribution in [0.1, 0.15) is 226 Å². The van der Waals surface area contributed by atoms with Gasteiger partial charge in [0.1, 0.15) is 18.8 Å². The van der Waals surface area contributed by atoms with Gasteiger partial charge in [-0.1, -0.05) is 225 Å². The predicted molar refractivity (Wildman–Crippen MR) is 330 cm³/mol. The molecule has 456 valence electrons. The van der Waals surface area contributed by atoms with E-state index in [9.17, 15) is 34.5 Å². The molecule has 0 aromatic rings. The molecule has 1 rings (SSSR count). The van der Waals surface area contributed by atoms with Gasteiger partial charge in [-0.25, -0.2) is 4.79 Å². The van der Waals surface area contributed by atoms with E-state index in [2.05, 4.69) is 130 Å². The molecule has 0 aliphatic carbocycles. The van der Waals surface area contributed by atoms with Gasteiger partial charge in [0.15, 0.2) is 24.6 Å². The van der Waals surface area contributed by atoms with E-state index in [1.54, 1.807) is 6.08 Å². The molecule has 1 heterocycles. The molecule has 1 fully saturated rings. The number of aliphatic hydroxyl groups is 2. The Morgan fingerprint density at radius 2 is 0.815 bits per heavy atom. The normalized spacial score (nSPS) is 18.7. The molecule has 81 heavy (non-hydrogen) atoms. The number of hydrogen-bond donors (Lipinski definition) is 3. The summed E-state index contributed by atoms with van der Waals surface area (Å²) in [5.41, 5.74) is 0. The number of unbranched alkanes of at least 4 members (excludes halogenated alkanes) is 16. The van der Waals surface area contributed by atoms with Gasteiger partial charge in [-0.2, -0.15) is 0 Å². The number of carboxylic acids is 1. The minimum absolute atomic E-state index is 0.00328. The molecule has 3 N–H and O–H groups in total. The molecule has 0 amide bonds. The van der Waals surface area contributed by atoms with E-state index in [-0.39, 0.29) is 25.9 Å². The second-order valence-corrected chi connectivity index (χ2v) is 20.6. The number of aliphatic carboxylic acids is 1. The van der Waals surface area contributed by atoms with Crippen molar-refractivity contribution in [2.75, 3.05) is 13.2 Å². The third-order valence-electron chi connectivity index (χ3n) is 13.2. The van der Waals surface area contributed by atoms with Crippen LogP contribution in [0.3, 0.4) is 0 Å². The zero-order chi connectivity index (χ0) is 58.9. The first-order valence-corrected chi connectivity index (χ1v) is 31.2. The van der Waals surface area contributed by atoms with Crippen molar-refractivity contribution in [3.8, 4) is 0 Å². The molecule has 6 unspecified atom stereocenters. The van der Waals surface area contributed by atoms with Crippen LogP contribution in [0.4, 0.5) is 0 Å². The van der Waals surface area contributed by atoms with Crippen molar-refractivity contribution in [3.05, 3.63) is 134 Å². The maximum Gasteiger partial charge on any atom is 0.335 e. The van der Waals surface area contributed by atoms with Gasteiger partial charge in [-0.05, 0) is 116 Å².